The van der Waals surface area contributed by atoms with Gasteiger partial charge in [0.05, 0.1) is 5.92 Å². The molecule has 5 atom stereocenters. The van der Waals surface area contributed by atoms with Gasteiger partial charge in [-0.3, -0.25) is 4.79 Å². The minimum Gasteiger partial charge on any atom is -0.508 e. The molecular formula is C19H22O3. The molecule has 4 rings (SSSR count). The first-order valence-electron chi connectivity index (χ1n) is 8.36. The smallest absolute Gasteiger partial charge is 0.149 e. The molecule has 0 saturated heterocycles. The van der Waals surface area contributed by atoms with Gasteiger partial charge in [0.2, 0.25) is 0 Å². The van der Waals surface area contributed by atoms with Crippen LogP contribution in [0.5, 0.6) is 5.75 Å². The number of aryl methyl sites for hydroxylation is 1. The van der Waals surface area contributed by atoms with E-state index in [0.717, 1.165) is 38.4 Å². The van der Waals surface area contributed by atoms with Gasteiger partial charge in [0.15, 0.2) is 0 Å². The van der Waals surface area contributed by atoms with Crippen molar-refractivity contribution in [2.45, 2.75) is 44.9 Å². The quantitative estimate of drug-likeness (QED) is 0.639. The van der Waals surface area contributed by atoms with E-state index in [2.05, 4.69) is 13.0 Å². The lowest BCUT2D eigenvalue weighted by Gasteiger charge is -2.48. The van der Waals surface area contributed by atoms with Gasteiger partial charge in [-0.05, 0) is 73.1 Å². The maximum absolute atomic E-state index is 12.6. The van der Waals surface area contributed by atoms with Crippen LogP contribution in [0.3, 0.4) is 0 Å². The molecule has 3 aliphatic carbocycles. The number of phenolic OH excluding ortho intramolecular Hbond substituents is 1. The first kappa shape index (κ1) is 14.0. The second-order valence-electron chi connectivity index (χ2n) is 7.60. The van der Waals surface area contributed by atoms with E-state index in [1.165, 1.54) is 11.1 Å². The highest BCUT2D eigenvalue weighted by Gasteiger charge is 2.57. The Morgan fingerprint density at radius 1 is 1.32 bits per heavy atom. The van der Waals surface area contributed by atoms with Gasteiger partial charge >= 0.3 is 0 Å². The third kappa shape index (κ3) is 1.74. The molecule has 0 bridgehead atoms. The minimum atomic E-state index is -0.380. The molecule has 1 aromatic carbocycles. The average molecular weight is 298 g/mol. The van der Waals surface area contributed by atoms with Crippen LogP contribution in [0.15, 0.2) is 18.2 Å². The molecule has 3 heteroatoms. The molecule has 0 spiro atoms. The SMILES string of the molecule is C[C@]12CC[C@@H]3c4ccc(O)cc4CC[C@H]3[C@@H]1CC(C=O)C2=O. The van der Waals surface area contributed by atoms with E-state index >= 15 is 0 Å². The maximum atomic E-state index is 12.6. The molecule has 22 heavy (non-hydrogen) atoms. The number of phenols is 1. The predicted molar refractivity (Wildman–Crippen MR) is 82.7 cm³/mol. The minimum absolute atomic E-state index is 0.183. The molecule has 116 valence electrons. The highest BCUT2D eigenvalue weighted by molar-refractivity contribution is 5.99. The standard InChI is InChI=1S/C19H22O3/c1-19-7-6-15-14-5-3-13(21)8-11(14)2-4-16(15)17(19)9-12(10-20)18(19)22/h3,5,8,10,12,15-17,21H,2,4,6-7,9H2,1H3/t12?,15-,16-,17+,19+/m1/s1. The molecule has 1 aromatic rings. The van der Waals surface area contributed by atoms with Crippen molar-refractivity contribution < 1.29 is 14.7 Å². The number of hydrogen-bond donors (Lipinski definition) is 1. The van der Waals surface area contributed by atoms with Gasteiger partial charge in [0.25, 0.3) is 0 Å². The number of fused-ring (bicyclic) bond motifs is 5. The summed E-state index contributed by atoms with van der Waals surface area (Å²) in [5.74, 6) is 1.48. The number of benzene rings is 1. The van der Waals surface area contributed by atoms with Crippen LogP contribution in [0.25, 0.3) is 0 Å². The molecule has 3 nitrogen and oxygen atoms in total. The first-order valence-corrected chi connectivity index (χ1v) is 8.36. The normalized spacial score (nSPS) is 39.8. The van der Waals surface area contributed by atoms with E-state index in [9.17, 15) is 14.7 Å². The van der Waals surface area contributed by atoms with Gasteiger partial charge in [-0.1, -0.05) is 13.0 Å². The summed E-state index contributed by atoms with van der Waals surface area (Å²) < 4.78 is 0. The molecule has 0 heterocycles. The number of carbonyl (C=O) groups excluding carboxylic acids is 2. The molecule has 2 fully saturated rings. The Hall–Kier alpha value is -1.64. The van der Waals surface area contributed by atoms with Crippen LogP contribution in [-0.2, 0) is 16.0 Å². The van der Waals surface area contributed by atoms with Crippen molar-refractivity contribution in [2.75, 3.05) is 0 Å². The van der Waals surface area contributed by atoms with E-state index in [0.29, 0.717) is 23.5 Å². The van der Waals surface area contributed by atoms with Gasteiger partial charge in [-0.2, -0.15) is 0 Å². The van der Waals surface area contributed by atoms with E-state index in [1.807, 2.05) is 6.07 Å². The van der Waals surface area contributed by atoms with Gasteiger partial charge in [0.1, 0.15) is 17.8 Å². The molecule has 1 unspecified atom stereocenters. The fraction of sp³-hybridized carbons (Fsp3) is 0.579. The van der Waals surface area contributed by atoms with Gasteiger partial charge in [0, 0.05) is 5.41 Å². The van der Waals surface area contributed by atoms with Gasteiger partial charge in [-0.25, -0.2) is 0 Å². The summed E-state index contributed by atoms with van der Waals surface area (Å²) in [5.41, 5.74) is 2.33. The number of aldehydes is 1. The molecule has 0 aliphatic heterocycles. The van der Waals surface area contributed by atoms with Crippen molar-refractivity contribution in [1.29, 1.82) is 0 Å². The van der Waals surface area contributed by atoms with Crippen molar-refractivity contribution in [3.63, 3.8) is 0 Å². The first-order chi connectivity index (χ1) is 10.5. The Bertz CT molecular complexity index is 650. The van der Waals surface area contributed by atoms with Crippen molar-refractivity contribution >= 4 is 12.1 Å². The van der Waals surface area contributed by atoms with Crippen LogP contribution in [0.4, 0.5) is 0 Å². The number of carbonyl (C=O) groups is 2. The number of ketones is 1. The number of hydrogen-bond acceptors (Lipinski definition) is 3. The summed E-state index contributed by atoms with van der Waals surface area (Å²) in [7, 11) is 0. The molecular weight excluding hydrogens is 276 g/mol. The molecule has 0 radical (unpaired) electrons. The largest absolute Gasteiger partial charge is 0.508 e. The zero-order valence-corrected chi connectivity index (χ0v) is 12.9. The van der Waals surface area contributed by atoms with E-state index in [1.54, 1.807) is 6.07 Å². The van der Waals surface area contributed by atoms with E-state index in [4.69, 9.17) is 0 Å². The fourth-order valence-electron chi connectivity index (χ4n) is 5.55. The van der Waals surface area contributed by atoms with Crippen molar-refractivity contribution in [2.24, 2.45) is 23.2 Å². The topological polar surface area (TPSA) is 54.4 Å². The van der Waals surface area contributed by atoms with Crippen LogP contribution >= 0.6 is 0 Å². The van der Waals surface area contributed by atoms with Crippen molar-refractivity contribution in [3.05, 3.63) is 29.3 Å². The third-order valence-electron chi connectivity index (χ3n) is 6.67. The van der Waals surface area contributed by atoms with Crippen LogP contribution in [0.2, 0.25) is 0 Å². The summed E-state index contributed by atoms with van der Waals surface area (Å²) in [6, 6.07) is 5.74. The van der Waals surface area contributed by atoms with Crippen molar-refractivity contribution in [3.8, 4) is 5.75 Å². The summed E-state index contributed by atoms with van der Waals surface area (Å²) in [6.45, 7) is 2.09. The zero-order chi connectivity index (χ0) is 15.5. The summed E-state index contributed by atoms with van der Waals surface area (Å²) in [4.78, 5) is 23.8. The van der Waals surface area contributed by atoms with Crippen LogP contribution in [0.1, 0.15) is 49.7 Å². The fourth-order valence-corrected chi connectivity index (χ4v) is 5.55. The predicted octanol–water partition coefficient (Wildman–Crippen LogP) is 3.24. The maximum Gasteiger partial charge on any atom is 0.149 e. The molecule has 3 aliphatic rings. The average Bonchev–Trinajstić information content (AvgIpc) is 2.78. The lowest BCUT2D eigenvalue weighted by molar-refractivity contribution is -0.133. The Labute approximate surface area is 130 Å². The molecule has 0 amide bonds. The van der Waals surface area contributed by atoms with Crippen LogP contribution in [-0.4, -0.2) is 17.2 Å². The Kier molecular flexibility index (Phi) is 2.97. The highest BCUT2D eigenvalue weighted by atomic mass is 16.3. The summed E-state index contributed by atoms with van der Waals surface area (Å²) in [5, 5.41) is 9.69. The summed E-state index contributed by atoms with van der Waals surface area (Å²) in [6.07, 6.45) is 5.57. The molecule has 0 aromatic heterocycles. The Balaban J connectivity index is 1.72. The number of Topliss-reactive ketones (excluding diaryl/α,β-unsaturated/α-hetero) is 1. The molecule has 2 saturated carbocycles. The van der Waals surface area contributed by atoms with E-state index < -0.39 is 0 Å². The number of aromatic hydroxyl groups is 1. The lowest BCUT2D eigenvalue weighted by atomic mass is 9.55. The van der Waals surface area contributed by atoms with Crippen molar-refractivity contribution in [1.82, 2.24) is 0 Å². The lowest BCUT2D eigenvalue weighted by Crippen LogP contribution is -2.42. The van der Waals surface area contributed by atoms with Gasteiger partial charge < -0.3 is 9.90 Å². The Morgan fingerprint density at radius 2 is 2.14 bits per heavy atom. The highest BCUT2D eigenvalue weighted by Crippen LogP contribution is 2.60. The summed E-state index contributed by atoms with van der Waals surface area (Å²) >= 11 is 0. The molecule has 1 N–H and O–H groups in total. The number of rotatable bonds is 1. The van der Waals surface area contributed by atoms with E-state index in [-0.39, 0.29) is 17.1 Å². The second kappa shape index (κ2) is 4.68. The van der Waals surface area contributed by atoms with Crippen LogP contribution < -0.4 is 0 Å². The van der Waals surface area contributed by atoms with Crippen LogP contribution in [0, 0.1) is 23.2 Å². The monoisotopic (exact) mass is 298 g/mol. The second-order valence-corrected chi connectivity index (χ2v) is 7.60. The third-order valence-corrected chi connectivity index (χ3v) is 6.67. The zero-order valence-electron chi connectivity index (χ0n) is 12.9. The van der Waals surface area contributed by atoms with Gasteiger partial charge in [-0.15, -0.1) is 0 Å². The Morgan fingerprint density at radius 3 is 2.91 bits per heavy atom.